The Kier molecular flexibility index (Phi) is 7.61. The monoisotopic (exact) mass is 501 g/mol. The number of amides is 2. The smallest absolute Gasteiger partial charge is 0.243 e. The predicted octanol–water partition coefficient (Wildman–Crippen LogP) is 2.52. The Hall–Kier alpha value is -3.11. The molecule has 35 heavy (non-hydrogen) atoms. The van der Waals surface area contributed by atoms with Crippen LogP contribution in [0.25, 0.3) is 0 Å². The van der Waals surface area contributed by atoms with E-state index in [0.717, 1.165) is 18.4 Å². The van der Waals surface area contributed by atoms with Gasteiger partial charge in [-0.25, -0.2) is 8.42 Å². The minimum absolute atomic E-state index is 0.0577. The molecule has 0 saturated carbocycles. The van der Waals surface area contributed by atoms with Crippen molar-refractivity contribution in [1.29, 1.82) is 0 Å². The van der Waals surface area contributed by atoms with Gasteiger partial charge in [-0.1, -0.05) is 6.07 Å². The van der Waals surface area contributed by atoms with Crippen molar-refractivity contribution in [2.45, 2.75) is 30.6 Å². The Morgan fingerprint density at radius 2 is 1.71 bits per heavy atom. The van der Waals surface area contributed by atoms with E-state index in [1.165, 1.54) is 16.4 Å². The second kappa shape index (κ2) is 10.7. The molecular weight excluding hydrogens is 470 g/mol. The maximum atomic E-state index is 12.8. The fraction of sp³-hybridized carbons (Fsp3) is 0.440. The zero-order valence-corrected chi connectivity index (χ0v) is 20.8. The van der Waals surface area contributed by atoms with Gasteiger partial charge in [0.25, 0.3) is 0 Å². The number of nitrogens with zero attached hydrogens (tertiary/aromatic N) is 2. The number of methoxy groups -OCH3 is 2. The summed E-state index contributed by atoms with van der Waals surface area (Å²) < 4.78 is 37.4. The number of ether oxygens (including phenoxy) is 2. The Bertz CT molecular complexity index is 1180. The highest BCUT2D eigenvalue weighted by Crippen LogP contribution is 2.28. The number of hydrogen-bond donors (Lipinski definition) is 1. The number of rotatable bonds is 9. The van der Waals surface area contributed by atoms with Gasteiger partial charge >= 0.3 is 0 Å². The van der Waals surface area contributed by atoms with Gasteiger partial charge in [-0.3, -0.25) is 9.59 Å². The summed E-state index contributed by atoms with van der Waals surface area (Å²) in [6, 6.07) is 11.9. The van der Waals surface area contributed by atoms with Crippen LogP contribution in [0.15, 0.2) is 47.4 Å². The molecule has 4 rings (SSSR count). The maximum Gasteiger partial charge on any atom is 0.243 e. The molecule has 2 saturated heterocycles. The third-order valence-corrected chi connectivity index (χ3v) is 8.44. The van der Waals surface area contributed by atoms with E-state index >= 15 is 0 Å². The Morgan fingerprint density at radius 1 is 1.03 bits per heavy atom. The molecule has 0 aliphatic carbocycles. The molecule has 1 unspecified atom stereocenters. The molecule has 0 radical (unpaired) electrons. The number of likely N-dealkylation sites (tertiary alicyclic amines) is 1. The summed E-state index contributed by atoms with van der Waals surface area (Å²) in [4.78, 5) is 27.2. The lowest BCUT2D eigenvalue weighted by Crippen LogP contribution is -2.30. The zero-order valence-electron chi connectivity index (χ0n) is 20.0. The average molecular weight is 502 g/mol. The number of anilines is 1. The van der Waals surface area contributed by atoms with Gasteiger partial charge in [0.2, 0.25) is 21.8 Å². The first kappa shape index (κ1) is 25.0. The topological polar surface area (TPSA) is 105 Å². The fourth-order valence-electron chi connectivity index (χ4n) is 4.50. The lowest BCUT2D eigenvalue weighted by atomic mass is 10.1. The highest BCUT2D eigenvalue weighted by atomic mass is 32.2. The second-order valence-corrected chi connectivity index (χ2v) is 10.7. The van der Waals surface area contributed by atoms with Crippen molar-refractivity contribution in [2.75, 3.05) is 45.7 Å². The van der Waals surface area contributed by atoms with Gasteiger partial charge in [0.05, 0.1) is 25.0 Å². The van der Waals surface area contributed by atoms with Crippen molar-refractivity contribution in [1.82, 2.24) is 9.21 Å². The third-order valence-electron chi connectivity index (χ3n) is 6.53. The summed E-state index contributed by atoms with van der Waals surface area (Å²) in [7, 11) is -0.339. The van der Waals surface area contributed by atoms with Crippen LogP contribution < -0.4 is 14.8 Å². The highest BCUT2D eigenvalue weighted by Gasteiger charge is 2.34. The van der Waals surface area contributed by atoms with E-state index in [1.807, 2.05) is 18.2 Å². The molecule has 2 fully saturated rings. The molecule has 9 nitrogen and oxygen atoms in total. The summed E-state index contributed by atoms with van der Waals surface area (Å²) >= 11 is 0. The molecule has 10 heteroatoms. The number of carbonyl (C=O) groups is 2. The van der Waals surface area contributed by atoms with Crippen molar-refractivity contribution >= 4 is 27.5 Å². The van der Waals surface area contributed by atoms with Crippen molar-refractivity contribution in [3.63, 3.8) is 0 Å². The normalized spacial score (nSPS) is 18.6. The van der Waals surface area contributed by atoms with Crippen molar-refractivity contribution in [3.05, 3.63) is 48.0 Å². The van der Waals surface area contributed by atoms with Gasteiger partial charge in [-0.2, -0.15) is 4.31 Å². The number of carbonyl (C=O) groups excluding carboxylic acids is 2. The Morgan fingerprint density at radius 3 is 2.37 bits per heavy atom. The molecule has 1 N–H and O–H groups in total. The van der Waals surface area contributed by atoms with Gasteiger partial charge in [0.1, 0.15) is 0 Å². The van der Waals surface area contributed by atoms with Crippen LogP contribution in [0, 0.1) is 5.92 Å². The molecule has 2 aromatic rings. The van der Waals surface area contributed by atoms with Crippen molar-refractivity contribution < 1.29 is 27.5 Å². The summed E-state index contributed by atoms with van der Waals surface area (Å²) in [5.41, 5.74) is 1.51. The minimum atomic E-state index is -3.50. The van der Waals surface area contributed by atoms with E-state index in [0.29, 0.717) is 49.8 Å². The van der Waals surface area contributed by atoms with E-state index in [9.17, 15) is 18.0 Å². The van der Waals surface area contributed by atoms with E-state index in [4.69, 9.17) is 9.47 Å². The first-order valence-electron chi connectivity index (χ1n) is 11.7. The lowest BCUT2D eigenvalue weighted by molar-refractivity contribution is -0.128. The highest BCUT2D eigenvalue weighted by molar-refractivity contribution is 7.89. The van der Waals surface area contributed by atoms with Crippen LogP contribution in [-0.4, -0.2) is 69.8 Å². The van der Waals surface area contributed by atoms with E-state index in [1.54, 1.807) is 31.3 Å². The van der Waals surface area contributed by atoms with Crippen LogP contribution in [0.2, 0.25) is 0 Å². The SMILES string of the molecule is COc1ccc(CCN2CC(C(=O)Nc3ccc(S(=O)(=O)N4CCCC4)cc3)CC2=O)cc1OC. The summed E-state index contributed by atoms with van der Waals surface area (Å²) in [6.07, 6.45) is 2.53. The van der Waals surface area contributed by atoms with E-state index < -0.39 is 15.9 Å². The van der Waals surface area contributed by atoms with E-state index in [-0.39, 0.29) is 23.1 Å². The van der Waals surface area contributed by atoms with Gasteiger partial charge in [-0.05, 0) is 61.2 Å². The summed E-state index contributed by atoms with van der Waals surface area (Å²) in [5, 5.41) is 2.82. The first-order valence-corrected chi connectivity index (χ1v) is 13.2. The van der Waals surface area contributed by atoms with Gasteiger partial charge in [0.15, 0.2) is 11.5 Å². The predicted molar refractivity (Wildman–Crippen MR) is 131 cm³/mol. The molecule has 0 bridgehead atoms. The van der Waals surface area contributed by atoms with Crippen molar-refractivity contribution in [2.24, 2.45) is 5.92 Å². The van der Waals surface area contributed by atoms with Crippen LogP contribution in [0.3, 0.4) is 0 Å². The Balaban J connectivity index is 1.32. The molecule has 2 aliphatic rings. The van der Waals surface area contributed by atoms with Crippen LogP contribution in [0.4, 0.5) is 5.69 Å². The lowest BCUT2D eigenvalue weighted by Gasteiger charge is -2.17. The van der Waals surface area contributed by atoms with Crippen LogP contribution in [0.5, 0.6) is 11.5 Å². The fourth-order valence-corrected chi connectivity index (χ4v) is 6.01. The van der Waals surface area contributed by atoms with Crippen LogP contribution >= 0.6 is 0 Å². The second-order valence-electron chi connectivity index (χ2n) is 8.80. The average Bonchev–Trinajstić information content (AvgIpc) is 3.53. The standard InChI is InChI=1S/C25H31N3O6S/c1-33-22-10-5-18(15-23(22)34-2)11-14-27-17-19(16-24(27)29)25(30)26-20-6-8-21(9-7-20)35(31,32)28-12-3-4-13-28/h5-10,15,19H,3-4,11-14,16-17H2,1-2H3,(H,26,30). The molecule has 2 aliphatic heterocycles. The molecule has 1 atom stereocenters. The van der Waals surface area contributed by atoms with Gasteiger partial charge < -0.3 is 19.7 Å². The molecular formula is C25H31N3O6S. The number of sulfonamides is 1. The first-order chi connectivity index (χ1) is 16.8. The van der Waals surface area contributed by atoms with Crippen LogP contribution in [-0.2, 0) is 26.0 Å². The maximum absolute atomic E-state index is 12.8. The van der Waals surface area contributed by atoms with Gasteiger partial charge in [-0.15, -0.1) is 0 Å². The van der Waals surface area contributed by atoms with Crippen LogP contribution in [0.1, 0.15) is 24.8 Å². The van der Waals surface area contributed by atoms with Crippen molar-refractivity contribution in [3.8, 4) is 11.5 Å². The largest absolute Gasteiger partial charge is 0.493 e. The number of benzene rings is 2. The molecule has 2 aromatic carbocycles. The number of nitrogens with one attached hydrogen (secondary N) is 1. The quantitative estimate of drug-likeness (QED) is 0.566. The van der Waals surface area contributed by atoms with E-state index in [2.05, 4.69) is 5.32 Å². The minimum Gasteiger partial charge on any atom is -0.493 e. The summed E-state index contributed by atoms with van der Waals surface area (Å²) in [5.74, 6) is 0.516. The van der Waals surface area contributed by atoms with Gasteiger partial charge in [0, 0.05) is 38.3 Å². The Labute approximate surface area is 206 Å². The molecule has 2 amide bonds. The molecule has 0 aromatic heterocycles. The summed E-state index contributed by atoms with van der Waals surface area (Å²) in [6.45, 7) is 1.93. The molecule has 2 heterocycles. The third kappa shape index (κ3) is 5.59. The zero-order chi connectivity index (χ0) is 25.0. The molecule has 188 valence electrons. The number of hydrogen-bond acceptors (Lipinski definition) is 6. The molecule has 0 spiro atoms.